The van der Waals surface area contributed by atoms with E-state index >= 15 is 0 Å². The third-order valence-electron chi connectivity index (χ3n) is 5.63. The molecular formula is C24H28N4O4. The predicted molar refractivity (Wildman–Crippen MR) is 121 cm³/mol. The molecule has 4 rings (SSSR count). The molecular weight excluding hydrogens is 408 g/mol. The first-order chi connectivity index (χ1) is 15.6. The van der Waals surface area contributed by atoms with Crippen molar-refractivity contribution in [2.75, 3.05) is 32.6 Å². The van der Waals surface area contributed by atoms with E-state index in [-0.39, 0.29) is 11.8 Å². The molecule has 32 heavy (non-hydrogen) atoms. The molecule has 1 aliphatic rings. The lowest BCUT2D eigenvalue weighted by Crippen LogP contribution is -2.40. The molecule has 1 saturated heterocycles. The number of carbonyl (C=O) groups is 1. The van der Waals surface area contributed by atoms with Gasteiger partial charge in [0.2, 0.25) is 17.6 Å². The molecule has 168 valence electrons. The number of piperidine rings is 1. The Kier molecular flexibility index (Phi) is 6.70. The third kappa shape index (κ3) is 5.08. The smallest absolute Gasteiger partial charge is 0.241 e. The van der Waals surface area contributed by atoms with Gasteiger partial charge < -0.3 is 19.3 Å². The highest BCUT2D eigenvalue weighted by Gasteiger charge is 2.27. The highest BCUT2D eigenvalue weighted by molar-refractivity contribution is 5.92. The summed E-state index contributed by atoms with van der Waals surface area (Å²) in [6.07, 6.45) is 1.82. The van der Waals surface area contributed by atoms with Crippen LogP contribution in [0.3, 0.4) is 0 Å². The molecule has 1 atom stereocenters. The van der Waals surface area contributed by atoms with E-state index in [0.717, 1.165) is 36.2 Å². The Balaban J connectivity index is 1.38. The Morgan fingerprint density at radius 3 is 2.81 bits per heavy atom. The maximum atomic E-state index is 12.8. The number of rotatable bonds is 7. The second kappa shape index (κ2) is 9.82. The van der Waals surface area contributed by atoms with Gasteiger partial charge in [0.05, 0.1) is 26.7 Å². The Bertz CT molecular complexity index is 1080. The molecule has 0 radical (unpaired) electrons. The fraction of sp³-hybridized carbons (Fsp3) is 0.375. The van der Waals surface area contributed by atoms with E-state index in [1.807, 2.05) is 49.4 Å². The van der Waals surface area contributed by atoms with Gasteiger partial charge in [0.25, 0.3) is 0 Å². The summed E-state index contributed by atoms with van der Waals surface area (Å²) < 4.78 is 16.1. The number of benzene rings is 2. The zero-order valence-electron chi connectivity index (χ0n) is 18.6. The second-order valence-electron chi connectivity index (χ2n) is 8.01. The molecule has 8 nitrogen and oxygen atoms in total. The summed E-state index contributed by atoms with van der Waals surface area (Å²) in [5.74, 6) is 2.24. The lowest BCUT2D eigenvalue weighted by molar-refractivity contribution is -0.121. The van der Waals surface area contributed by atoms with Crippen molar-refractivity contribution in [2.24, 2.45) is 5.92 Å². The highest BCUT2D eigenvalue weighted by atomic mass is 16.5. The molecule has 1 unspecified atom stereocenters. The molecule has 8 heteroatoms. The summed E-state index contributed by atoms with van der Waals surface area (Å²) in [7, 11) is 3.18. The number of nitrogens with one attached hydrogen (secondary N) is 1. The van der Waals surface area contributed by atoms with E-state index in [1.54, 1.807) is 14.2 Å². The van der Waals surface area contributed by atoms with Crippen LogP contribution in [0.1, 0.15) is 24.3 Å². The monoisotopic (exact) mass is 436 g/mol. The number of hydrogen-bond acceptors (Lipinski definition) is 7. The van der Waals surface area contributed by atoms with E-state index in [1.165, 1.54) is 0 Å². The Morgan fingerprint density at radius 2 is 2.03 bits per heavy atom. The van der Waals surface area contributed by atoms with Crippen molar-refractivity contribution < 1.29 is 18.8 Å². The zero-order chi connectivity index (χ0) is 22.5. The quantitative estimate of drug-likeness (QED) is 0.600. The van der Waals surface area contributed by atoms with E-state index in [4.69, 9.17) is 14.0 Å². The number of carbonyl (C=O) groups excluding carboxylic acids is 1. The lowest BCUT2D eigenvalue weighted by atomic mass is 9.97. The van der Waals surface area contributed by atoms with Gasteiger partial charge in [-0.3, -0.25) is 9.69 Å². The van der Waals surface area contributed by atoms with Crippen LogP contribution in [0.5, 0.6) is 11.5 Å². The maximum absolute atomic E-state index is 12.8. The van der Waals surface area contributed by atoms with Crippen LogP contribution in [0.25, 0.3) is 11.4 Å². The molecule has 0 spiro atoms. The van der Waals surface area contributed by atoms with Gasteiger partial charge >= 0.3 is 0 Å². The molecule has 0 bridgehead atoms. The zero-order valence-corrected chi connectivity index (χ0v) is 18.6. The van der Waals surface area contributed by atoms with Crippen LogP contribution in [0.15, 0.2) is 47.0 Å². The van der Waals surface area contributed by atoms with Gasteiger partial charge in [0.15, 0.2) is 11.5 Å². The van der Waals surface area contributed by atoms with Crippen molar-refractivity contribution in [3.05, 3.63) is 53.9 Å². The minimum Gasteiger partial charge on any atom is -0.493 e. The first kappa shape index (κ1) is 21.8. The van der Waals surface area contributed by atoms with Gasteiger partial charge in [-0.1, -0.05) is 17.3 Å². The van der Waals surface area contributed by atoms with Gasteiger partial charge in [0.1, 0.15) is 0 Å². The molecule has 1 aromatic heterocycles. The minimum absolute atomic E-state index is 0.0526. The molecule has 2 heterocycles. The third-order valence-corrected chi connectivity index (χ3v) is 5.63. The van der Waals surface area contributed by atoms with Crippen LogP contribution >= 0.6 is 0 Å². The summed E-state index contributed by atoms with van der Waals surface area (Å²) in [5.41, 5.74) is 2.74. The molecule has 1 N–H and O–H groups in total. The first-order valence-corrected chi connectivity index (χ1v) is 10.7. The molecule has 1 fully saturated rings. The number of aromatic nitrogens is 2. The summed E-state index contributed by atoms with van der Waals surface area (Å²) in [6.45, 7) is 4.07. The van der Waals surface area contributed by atoms with Crippen LogP contribution < -0.4 is 14.8 Å². The normalized spacial score (nSPS) is 16.5. The number of aryl methyl sites for hydroxylation is 1. The van der Waals surface area contributed by atoms with Crippen LogP contribution in [-0.4, -0.2) is 48.3 Å². The van der Waals surface area contributed by atoms with Crippen LogP contribution in [-0.2, 0) is 11.3 Å². The molecule has 0 aliphatic carbocycles. The van der Waals surface area contributed by atoms with E-state index in [9.17, 15) is 4.79 Å². The van der Waals surface area contributed by atoms with Gasteiger partial charge in [-0.05, 0) is 62.2 Å². The fourth-order valence-electron chi connectivity index (χ4n) is 3.98. The maximum Gasteiger partial charge on any atom is 0.241 e. The summed E-state index contributed by atoms with van der Waals surface area (Å²) in [6, 6.07) is 13.4. The largest absolute Gasteiger partial charge is 0.493 e. The topological polar surface area (TPSA) is 89.7 Å². The van der Waals surface area contributed by atoms with Gasteiger partial charge in [0, 0.05) is 17.8 Å². The predicted octanol–water partition coefficient (Wildman–Crippen LogP) is 3.91. The van der Waals surface area contributed by atoms with Crippen molar-refractivity contribution in [3.63, 3.8) is 0 Å². The number of methoxy groups -OCH3 is 2. The number of likely N-dealkylation sites (tertiary alicyclic amines) is 1. The molecule has 2 aromatic carbocycles. The van der Waals surface area contributed by atoms with Crippen molar-refractivity contribution >= 4 is 11.6 Å². The highest BCUT2D eigenvalue weighted by Crippen LogP contribution is 2.31. The standard InChI is InChI=1S/C24H28N4O4/c1-16-6-4-8-19(12-16)25-24(29)18-7-5-11-28(14-18)15-22-26-23(27-32-22)17-9-10-20(30-2)21(13-17)31-3/h4,6,8-10,12-13,18H,5,7,11,14-15H2,1-3H3,(H,25,29). The molecule has 3 aromatic rings. The number of hydrogen-bond donors (Lipinski definition) is 1. The Labute approximate surface area is 187 Å². The lowest BCUT2D eigenvalue weighted by Gasteiger charge is -2.30. The number of nitrogens with zero attached hydrogens (tertiary/aromatic N) is 3. The SMILES string of the molecule is COc1ccc(-c2noc(CN3CCCC(C(=O)Nc4cccc(C)c4)C3)n2)cc1OC. The van der Waals surface area contributed by atoms with Crippen molar-refractivity contribution in [3.8, 4) is 22.9 Å². The summed E-state index contributed by atoms with van der Waals surface area (Å²) in [4.78, 5) is 19.5. The number of anilines is 1. The van der Waals surface area contributed by atoms with Crippen LogP contribution in [0, 0.1) is 12.8 Å². The summed E-state index contributed by atoms with van der Waals surface area (Å²) in [5, 5.41) is 7.16. The second-order valence-corrected chi connectivity index (χ2v) is 8.01. The summed E-state index contributed by atoms with van der Waals surface area (Å²) >= 11 is 0. The van der Waals surface area contributed by atoms with Gasteiger partial charge in [-0.2, -0.15) is 4.98 Å². The van der Waals surface area contributed by atoms with Crippen LogP contribution in [0.4, 0.5) is 5.69 Å². The minimum atomic E-state index is -0.0718. The molecule has 0 saturated carbocycles. The molecule has 1 aliphatic heterocycles. The van der Waals surface area contributed by atoms with E-state index in [0.29, 0.717) is 36.3 Å². The number of amides is 1. The average Bonchev–Trinajstić information content (AvgIpc) is 3.27. The first-order valence-electron chi connectivity index (χ1n) is 10.7. The Hall–Kier alpha value is -3.39. The van der Waals surface area contributed by atoms with Gasteiger partial charge in [-0.15, -0.1) is 0 Å². The van der Waals surface area contributed by atoms with Crippen molar-refractivity contribution in [1.29, 1.82) is 0 Å². The van der Waals surface area contributed by atoms with Crippen molar-refractivity contribution in [2.45, 2.75) is 26.3 Å². The number of ether oxygens (including phenoxy) is 2. The van der Waals surface area contributed by atoms with Crippen molar-refractivity contribution in [1.82, 2.24) is 15.0 Å². The van der Waals surface area contributed by atoms with E-state index in [2.05, 4.69) is 20.4 Å². The fourth-order valence-corrected chi connectivity index (χ4v) is 3.98. The van der Waals surface area contributed by atoms with E-state index < -0.39 is 0 Å². The van der Waals surface area contributed by atoms with Gasteiger partial charge in [-0.25, -0.2) is 0 Å². The Morgan fingerprint density at radius 1 is 1.19 bits per heavy atom. The average molecular weight is 437 g/mol. The van der Waals surface area contributed by atoms with Crippen LogP contribution in [0.2, 0.25) is 0 Å². The molecule has 1 amide bonds.